The van der Waals surface area contributed by atoms with Crippen molar-refractivity contribution in [3.63, 3.8) is 0 Å². The third-order valence-electron chi connectivity index (χ3n) is 4.00. The van der Waals surface area contributed by atoms with Gasteiger partial charge in [-0.05, 0) is 30.3 Å². The molecule has 0 fully saturated rings. The molecule has 4 rings (SSSR count). The smallest absolute Gasteiger partial charge is 0.338 e. The van der Waals surface area contributed by atoms with Crippen molar-refractivity contribution in [2.75, 3.05) is 19.8 Å². The quantitative estimate of drug-likeness (QED) is 0.680. The number of benzene rings is 2. The van der Waals surface area contributed by atoms with Gasteiger partial charge in [0.1, 0.15) is 12.7 Å². The number of thiazole rings is 1. The lowest BCUT2D eigenvalue weighted by molar-refractivity contribution is -0.124. The van der Waals surface area contributed by atoms with Crippen molar-refractivity contribution in [3.8, 4) is 11.5 Å². The van der Waals surface area contributed by atoms with Crippen molar-refractivity contribution in [2.24, 2.45) is 0 Å². The van der Waals surface area contributed by atoms with Crippen molar-refractivity contribution in [1.29, 1.82) is 0 Å². The van der Waals surface area contributed by atoms with Gasteiger partial charge in [-0.1, -0.05) is 12.1 Å². The number of rotatable bonds is 5. The number of ether oxygens (including phenoxy) is 3. The van der Waals surface area contributed by atoms with Crippen LogP contribution in [0.4, 0.5) is 0 Å². The van der Waals surface area contributed by atoms with Gasteiger partial charge in [0.05, 0.1) is 27.8 Å². The van der Waals surface area contributed by atoms with Crippen molar-refractivity contribution < 1.29 is 23.8 Å². The van der Waals surface area contributed by atoms with Crippen LogP contribution >= 0.6 is 11.3 Å². The highest BCUT2D eigenvalue weighted by Crippen LogP contribution is 2.30. The van der Waals surface area contributed by atoms with Crippen molar-refractivity contribution >= 4 is 33.4 Å². The highest BCUT2D eigenvalue weighted by atomic mass is 32.1. The predicted molar refractivity (Wildman–Crippen MR) is 99.3 cm³/mol. The summed E-state index contributed by atoms with van der Waals surface area (Å²) in [5, 5.41) is 2.69. The van der Waals surface area contributed by atoms with Gasteiger partial charge in [0.25, 0.3) is 5.91 Å². The van der Waals surface area contributed by atoms with E-state index < -0.39 is 11.9 Å². The van der Waals surface area contributed by atoms with Gasteiger partial charge in [0.2, 0.25) is 0 Å². The normalized spacial score (nSPS) is 15.3. The summed E-state index contributed by atoms with van der Waals surface area (Å²) in [4.78, 5) is 28.2. The number of nitrogens with zero attached hydrogens (tertiary/aromatic N) is 1. The van der Waals surface area contributed by atoms with Crippen LogP contribution in [0.1, 0.15) is 10.4 Å². The Morgan fingerprint density at radius 2 is 2.07 bits per heavy atom. The lowest BCUT2D eigenvalue weighted by Crippen LogP contribution is -2.42. The highest BCUT2D eigenvalue weighted by molar-refractivity contribution is 7.16. The molecule has 2 heterocycles. The van der Waals surface area contributed by atoms with Gasteiger partial charge < -0.3 is 19.5 Å². The molecule has 1 aliphatic heterocycles. The van der Waals surface area contributed by atoms with Gasteiger partial charge in [-0.2, -0.15) is 0 Å². The molecular weight excluding hydrogens is 368 g/mol. The van der Waals surface area contributed by atoms with E-state index in [1.807, 2.05) is 24.3 Å². The number of carbonyl (C=O) groups is 2. The Labute approximate surface area is 158 Å². The standard InChI is InChI=1S/C19H16N2O5S/c22-18(20-8-13-9-24-15-3-1-2-4-16(15)26-13)10-25-19(23)12-5-6-14-17(7-12)27-11-21-14/h1-7,11,13H,8-10H2,(H,20,22). The number of para-hydroxylation sites is 2. The number of amides is 1. The Balaban J connectivity index is 1.24. The van der Waals surface area contributed by atoms with Gasteiger partial charge in [-0.25, -0.2) is 9.78 Å². The summed E-state index contributed by atoms with van der Waals surface area (Å²) in [7, 11) is 0. The number of fused-ring (bicyclic) bond motifs is 2. The average molecular weight is 384 g/mol. The molecule has 0 radical (unpaired) electrons. The molecule has 0 saturated heterocycles. The molecule has 1 N–H and O–H groups in total. The van der Waals surface area contributed by atoms with E-state index in [1.165, 1.54) is 11.3 Å². The van der Waals surface area contributed by atoms with Crippen LogP contribution in [0, 0.1) is 0 Å². The molecule has 1 amide bonds. The molecular formula is C19H16N2O5S. The van der Waals surface area contributed by atoms with Crippen LogP contribution in [-0.4, -0.2) is 42.7 Å². The first kappa shape index (κ1) is 17.3. The molecule has 1 aromatic heterocycles. The molecule has 8 heteroatoms. The largest absolute Gasteiger partial charge is 0.486 e. The maximum atomic E-state index is 12.1. The molecule has 0 spiro atoms. The number of hydrogen-bond donors (Lipinski definition) is 1. The number of nitrogens with one attached hydrogen (secondary N) is 1. The average Bonchev–Trinajstić information content (AvgIpc) is 3.18. The summed E-state index contributed by atoms with van der Waals surface area (Å²) in [5.74, 6) is 0.385. The number of esters is 1. The van der Waals surface area contributed by atoms with E-state index in [4.69, 9.17) is 14.2 Å². The van der Waals surface area contributed by atoms with Crippen molar-refractivity contribution in [2.45, 2.75) is 6.10 Å². The fourth-order valence-electron chi connectivity index (χ4n) is 2.64. The molecule has 1 aliphatic rings. The Morgan fingerprint density at radius 1 is 1.22 bits per heavy atom. The number of carbonyl (C=O) groups excluding carboxylic acids is 2. The second kappa shape index (κ2) is 7.63. The van der Waals surface area contributed by atoms with Gasteiger partial charge in [-0.15, -0.1) is 11.3 Å². The molecule has 0 saturated carbocycles. The fraction of sp³-hybridized carbons (Fsp3) is 0.211. The molecule has 2 aromatic carbocycles. The van der Waals surface area contributed by atoms with Crippen LogP contribution in [0.2, 0.25) is 0 Å². The summed E-state index contributed by atoms with van der Waals surface area (Å²) >= 11 is 1.44. The van der Waals surface area contributed by atoms with E-state index >= 15 is 0 Å². The molecule has 0 bridgehead atoms. The fourth-order valence-corrected chi connectivity index (χ4v) is 3.36. The summed E-state index contributed by atoms with van der Waals surface area (Å²) < 4.78 is 17.3. The Morgan fingerprint density at radius 3 is 2.96 bits per heavy atom. The number of aromatic nitrogens is 1. The first-order valence-corrected chi connectivity index (χ1v) is 9.22. The zero-order valence-corrected chi connectivity index (χ0v) is 15.0. The van der Waals surface area contributed by atoms with E-state index in [0.717, 1.165) is 10.2 Å². The molecule has 138 valence electrons. The van der Waals surface area contributed by atoms with Gasteiger partial charge in [0.15, 0.2) is 18.1 Å². The molecule has 0 aliphatic carbocycles. The van der Waals surface area contributed by atoms with Gasteiger partial charge in [-0.3, -0.25) is 4.79 Å². The lowest BCUT2D eigenvalue weighted by Gasteiger charge is -2.26. The topological polar surface area (TPSA) is 86.8 Å². The monoisotopic (exact) mass is 384 g/mol. The van der Waals surface area contributed by atoms with Gasteiger partial charge >= 0.3 is 5.97 Å². The highest BCUT2D eigenvalue weighted by Gasteiger charge is 2.21. The summed E-state index contributed by atoms with van der Waals surface area (Å²) in [5.41, 5.74) is 2.92. The van der Waals surface area contributed by atoms with Crippen molar-refractivity contribution in [1.82, 2.24) is 10.3 Å². The van der Waals surface area contributed by atoms with Crippen molar-refractivity contribution in [3.05, 3.63) is 53.5 Å². The zero-order chi connectivity index (χ0) is 18.6. The van der Waals surface area contributed by atoms with E-state index in [-0.39, 0.29) is 19.3 Å². The molecule has 27 heavy (non-hydrogen) atoms. The van der Waals surface area contributed by atoms with E-state index in [9.17, 15) is 9.59 Å². The minimum atomic E-state index is -0.549. The Bertz CT molecular complexity index is 987. The Hall–Kier alpha value is -3.13. The third kappa shape index (κ3) is 4.01. The molecule has 1 atom stereocenters. The minimum Gasteiger partial charge on any atom is -0.486 e. The third-order valence-corrected chi connectivity index (χ3v) is 4.79. The summed E-state index contributed by atoms with van der Waals surface area (Å²) in [6.45, 7) is 0.243. The van der Waals surface area contributed by atoms with E-state index in [2.05, 4.69) is 10.3 Å². The number of hydrogen-bond acceptors (Lipinski definition) is 7. The first-order chi connectivity index (χ1) is 13.2. The maximum absolute atomic E-state index is 12.1. The lowest BCUT2D eigenvalue weighted by atomic mass is 10.2. The maximum Gasteiger partial charge on any atom is 0.338 e. The van der Waals surface area contributed by atoms with Crippen LogP contribution in [-0.2, 0) is 9.53 Å². The van der Waals surface area contributed by atoms with Crippen LogP contribution in [0.3, 0.4) is 0 Å². The van der Waals surface area contributed by atoms with Crippen LogP contribution in [0.5, 0.6) is 11.5 Å². The van der Waals surface area contributed by atoms with Gasteiger partial charge in [0, 0.05) is 0 Å². The van der Waals surface area contributed by atoms with E-state index in [0.29, 0.717) is 23.7 Å². The van der Waals surface area contributed by atoms with E-state index in [1.54, 1.807) is 23.7 Å². The molecule has 3 aromatic rings. The second-order valence-corrected chi connectivity index (χ2v) is 6.80. The van der Waals surface area contributed by atoms with Crippen LogP contribution < -0.4 is 14.8 Å². The molecule has 7 nitrogen and oxygen atoms in total. The predicted octanol–water partition coefficient (Wildman–Crippen LogP) is 2.41. The van der Waals surface area contributed by atoms with Crippen LogP contribution in [0.15, 0.2) is 48.0 Å². The zero-order valence-electron chi connectivity index (χ0n) is 14.2. The summed E-state index contributed by atoms with van der Waals surface area (Å²) in [6.07, 6.45) is -0.298. The first-order valence-electron chi connectivity index (χ1n) is 8.34. The Kier molecular flexibility index (Phi) is 4.88. The SMILES string of the molecule is O=C(COC(=O)c1ccc2ncsc2c1)NCC1COc2ccccc2O1. The minimum absolute atomic E-state index is 0.261. The van der Waals surface area contributed by atoms with Crippen LogP contribution in [0.25, 0.3) is 10.2 Å². The summed E-state index contributed by atoms with van der Waals surface area (Å²) in [6, 6.07) is 12.4. The second-order valence-electron chi connectivity index (χ2n) is 5.91. The molecule has 1 unspecified atom stereocenters.